The molecule has 3 aromatic carbocycles. The molecule has 0 radical (unpaired) electrons. The summed E-state index contributed by atoms with van der Waals surface area (Å²) in [7, 11) is 0. The Morgan fingerprint density at radius 1 is 1.00 bits per heavy atom. The van der Waals surface area contributed by atoms with E-state index in [9.17, 15) is 9.59 Å². The molecular weight excluding hydrogens is 430 g/mol. The number of fused-ring (bicyclic) bond motifs is 1. The summed E-state index contributed by atoms with van der Waals surface area (Å²) in [6.07, 6.45) is 1.27. The lowest BCUT2D eigenvalue weighted by Gasteiger charge is -2.09. The fourth-order valence-electron chi connectivity index (χ4n) is 3.00. The highest BCUT2D eigenvalue weighted by molar-refractivity contribution is 6.31. The van der Waals surface area contributed by atoms with Crippen molar-refractivity contribution >= 4 is 34.2 Å². The molecule has 1 heterocycles. The maximum Gasteiger partial charge on any atom is 0.262 e. The minimum absolute atomic E-state index is 0.0890. The van der Waals surface area contributed by atoms with Crippen molar-refractivity contribution in [3.05, 3.63) is 93.3 Å². The van der Waals surface area contributed by atoms with Crippen LogP contribution in [0.2, 0.25) is 5.02 Å². The molecular formula is C25H20ClNO5. The molecule has 0 fully saturated rings. The van der Waals surface area contributed by atoms with Gasteiger partial charge in [0.05, 0.1) is 5.39 Å². The highest BCUT2D eigenvalue weighted by Crippen LogP contribution is 2.24. The Labute approximate surface area is 189 Å². The molecule has 162 valence electrons. The Bertz CT molecular complexity index is 1350. The predicted octanol–water partition coefficient (Wildman–Crippen LogP) is 5.87. The van der Waals surface area contributed by atoms with Gasteiger partial charge >= 0.3 is 0 Å². The lowest BCUT2D eigenvalue weighted by Crippen LogP contribution is -2.20. The molecule has 0 saturated heterocycles. The third kappa shape index (κ3) is 4.92. The zero-order valence-corrected chi connectivity index (χ0v) is 18.2. The second kappa shape index (κ2) is 9.16. The third-order valence-corrected chi connectivity index (χ3v) is 5.20. The molecule has 4 aromatic rings. The lowest BCUT2D eigenvalue weighted by molar-refractivity contribution is -0.118. The first kappa shape index (κ1) is 21.5. The number of carbonyl (C=O) groups excluding carboxylic acids is 1. The molecule has 1 aromatic heterocycles. The van der Waals surface area contributed by atoms with Crippen molar-refractivity contribution in [2.24, 2.45) is 0 Å². The number of halogens is 1. The van der Waals surface area contributed by atoms with Gasteiger partial charge in [0, 0.05) is 16.8 Å². The summed E-state index contributed by atoms with van der Waals surface area (Å²) >= 11 is 6.07. The molecule has 0 unspecified atom stereocenters. The Morgan fingerprint density at radius 2 is 1.75 bits per heavy atom. The van der Waals surface area contributed by atoms with E-state index in [1.54, 1.807) is 42.5 Å². The van der Waals surface area contributed by atoms with Crippen molar-refractivity contribution in [3.63, 3.8) is 0 Å². The smallest absolute Gasteiger partial charge is 0.262 e. The number of nitrogens with one attached hydrogen (secondary N) is 1. The summed E-state index contributed by atoms with van der Waals surface area (Å²) in [4.78, 5) is 24.9. The van der Waals surface area contributed by atoms with E-state index in [-0.39, 0.29) is 23.7 Å². The van der Waals surface area contributed by atoms with Crippen LogP contribution in [0.15, 0.2) is 76.1 Å². The Morgan fingerprint density at radius 3 is 2.50 bits per heavy atom. The number of ether oxygens (including phenoxy) is 2. The number of aryl methyl sites for hydroxylation is 2. The van der Waals surface area contributed by atoms with Gasteiger partial charge < -0.3 is 19.2 Å². The first-order valence-electron chi connectivity index (χ1n) is 9.88. The van der Waals surface area contributed by atoms with Gasteiger partial charge in [-0.15, -0.1) is 0 Å². The van der Waals surface area contributed by atoms with Crippen molar-refractivity contribution in [2.45, 2.75) is 13.8 Å². The van der Waals surface area contributed by atoms with Crippen LogP contribution >= 0.6 is 11.6 Å². The van der Waals surface area contributed by atoms with Gasteiger partial charge in [-0.25, -0.2) is 0 Å². The minimum atomic E-state index is -0.340. The standard InChI is InChI=1S/C25H20ClNO5/c1-15-3-7-18(8-4-15)32-23-13-31-22-12-19(9-10-20(22)25(23)29)30-14-24(28)27-17-6-5-16(2)21(26)11-17/h3-13H,14H2,1-2H3,(H,27,28). The van der Waals surface area contributed by atoms with Crippen molar-refractivity contribution in [3.8, 4) is 17.2 Å². The first-order valence-corrected chi connectivity index (χ1v) is 10.3. The number of rotatable bonds is 6. The average molecular weight is 450 g/mol. The molecule has 1 amide bonds. The number of anilines is 1. The van der Waals surface area contributed by atoms with Gasteiger partial charge in [0.15, 0.2) is 6.61 Å². The topological polar surface area (TPSA) is 77.8 Å². The summed E-state index contributed by atoms with van der Waals surface area (Å²) in [6, 6.07) is 17.4. The van der Waals surface area contributed by atoms with Crippen LogP contribution < -0.4 is 20.2 Å². The summed E-state index contributed by atoms with van der Waals surface area (Å²) in [5.41, 5.74) is 2.62. The number of carbonyl (C=O) groups is 1. The molecule has 7 heteroatoms. The van der Waals surface area contributed by atoms with E-state index in [1.807, 2.05) is 32.0 Å². The monoisotopic (exact) mass is 449 g/mol. The van der Waals surface area contributed by atoms with Crippen LogP contribution in [0.3, 0.4) is 0 Å². The van der Waals surface area contributed by atoms with Crippen molar-refractivity contribution in [1.29, 1.82) is 0 Å². The normalized spacial score (nSPS) is 10.7. The molecule has 0 spiro atoms. The fraction of sp³-hybridized carbons (Fsp3) is 0.120. The van der Waals surface area contributed by atoms with Crippen LogP contribution in [-0.4, -0.2) is 12.5 Å². The maximum absolute atomic E-state index is 12.7. The van der Waals surface area contributed by atoms with Crippen LogP contribution in [0.1, 0.15) is 11.1 Å². The second-order valence-electron chi connectivity index (χ2n) is 7.30. The van der Waals surface area contributed by atoms with Gasteiger partial charge in [0.25, 0.3) is 5.91 Å². The minimum Gasteiger partial charge on any atom is -0.484 e. The fourth-order valence-corrected chi connectivity index (χ4v) is 3.18. The third-order valence-electron chi connectivity index (χ3n) is 4.79. The van der Waals surface area contributed by atoms with Gasteiger partial charge in [-0.3, -0.25) is 9.59 Å². The van der Waals surface area contributed by atoms with E-state index in [1.165, 1.54) is 6.26 Å². The van der Waals surface area contributed by atoms with Crippen molar-refractivity contribution in [2.75, 3.05) is 11.9 Å². The molecule has 1 N–H and O–H groups in total. The van der Waals surface area contributed by atoms with E-state index in [0.717, 1.165) is 11.1 Å². The summed E-state index contributed by atoms with van der Waals surface area (Å²) < 4.78 is 16.8. The van der Waals surface area contributed by atoms with E-state index in [4.69, 9.17) is 25.5 Å². The van der Waals surface area contributed by atoms with Crippen LogP contribution in [0.5, 0.6) is 17.2 Å². The Balaban J connectivity index is 1.44. The molecule has 0 aliphatic heterocycles. The quantitative estimate of drug-likeness (QED) is 0.398. The summed E-state index contributed by atoms with van der Waals surface area (Å²) in [6.45, 7) is 3.64. The van der Waals surface area contributed by atoms with Crippen LogP contribution in [-0.2, 0) is 4.79 Å². The van der Waals surface area contributed by atoms with Crippen molar-refractivity contribution < 1.29 is 18.7 Å². The molecule has 0 bridgehead atoms. The Kier molecular flexibility index (Phi) is 6.14. The van der Waals surface area contributed by atoms with Crippen molar-refractivity contribution in [1.82, 2.24) is 0 Å². The molecule has 0 saturated carbocycles. The van der Waals surface area contributed by atoms with E-state index in [2.05, 4.69) is 5.32 Å². The summed E-state index contributed by atoms with van der Waals surface area (Å²) in [5.74, 6) is 0.687. The SMILES string of the molecule is Cc1ccc(Oc2coc3cc(OCC(=O)Nc4ccc(C)c(Cl)c4)ccc3c2=O)cc1. The van der Waals surface area contributed by atoms with Gasteiger partial charge in [-0.05, 0) is 55.8 Å². The van der Waals surface area contributed by atoms with Gasteiger partial charge in [0.1, 0.15) is 23.3 Å². The van der Waals surface area contributed by atoms with Gasteiger partial charge in [-0.2, -0.15) is 0 Å². The Hall–Kier alpha value is -3.77. The first-order chi connectivity index (χ1) is 15.4. The molecule has 0 aliphatic carbocycles. The largest absolute Gasteiger partial charge is 0.484 e. The van der Waals surface area contributed by atoms with E-state index in [0.29, 0.717) is 33.2 Å². The highest BCUT2D eigenvalue weighted by atomic mass is 35.5. The van der Waals surface area contributed by atoms with Gasteiger partial charge in [0.2, 0.25) is 11.2 Å². The zero-order valence-electron chi connectivity index (χ0n) is 17.5. The van der Waals surface area contributed by atoms with Gasteiger partial charge in [-0.1, -0.05) is 35.4 Å². The number of hydrogen-bond donors (Lipinski definition) is 1. The summed E-state index contributed by atoms with van der Waals surface area (Å²) in [5, 5.41) is 3.64. The van der Waals surface area contributed by atoms with E-state index >= 15 is 0 Å². The zero-order chi connectivity index (χ0) is 22.7. The van der Waals surface area contributed by atoms with Crippen LogP contribution in [0, 0.1) is 13.8 Å². The molecule has 4 rings (SSSR count). The molecule has 0 aliphatic rings. The average Bonchev–Trinajstić information content (AvgIpc) is 2.78. The van der Waals surface area contributed by atoms with E-state index < -0.39 is 0 Å². The molecule has 0 atom stereocenters. The number of hydrogen-bond acceptors (Lipinski definition) is 5. The lowest BCUT2D eigenvalue weighted by atomic mass is 10.2. The molecule has 6 nitrogen and oxygen atoms in total. The predicted molar refractivity (Wildman–Crippen MR) is 124 cm³/mol. The second-order valence-corrected chi connectivity index (χ2v) is 7.71. The van der Waals surface area contributed by atoms with Crippen LogP contribution in [0.4, 0.5) is 5.69 Å². The molecule has 32 heavy (non-hydrogen) atoms. The van der Waals surface area contributed by atoms with Crippen LogP contribution in [0.25, 0.3) is 11.0 Å². The highest BCUT2D eigenvalue weighted by Gasteiger charge is 2.11. The number of amides is 1. The number of benzene rings is 3. The maximum atomic E-state index is 12.7.